The van der Waals surface area contributed by atoms with Gasteiger partial charge >= 0.3 is 6.09 Å². The quantitative estimate of drug-likeness (QED) is 0.684. The fourth-order valence-corrected chi connectivity index (χ4v) is 3.87. The lowest BCUT2D eigenvalue weighted by atomic mass is 10.0. The second kappa shape index (κ2) is 12.5. The van der Waals surface area contributed by atoms with E-state index >= 15 is 0 Å². The predicted octanol–water partition coefficient (Wildman–Crippen LogP) is 2.07. The molecule has 0 unspecified atom stereocenters. The number of aryl methyl sites for hydroxylation is 1. The molecule has 0 saturated carbocycles. The molecule has 1 aromatic heterocycles. The number of nitrogens with zero attached hydrogens (tertiary/aromatic N) is 5. The standard InChI is InChI=1S/C24H35N5O5/c1-18-12-29(19(2)15-30)23(31)10-7-11-28-13-21(25-26-28)17-33-22(18)14-27(3)24(32)34-16-20-8-5-4-6-9-20/h4-6,8-9,13,18-19,22,30H,7,10-12,14-17H2,1-3H3/t18-,19+,22-/m0/s1. The molecular formula is C24H35N5O5. The van der Waals surface area contributed by atoms with E-state index in [-0.39, 0.29) is 50.3 Å². The van der Waals surface area contributed by atoms with Crippen LogP contribution in [-0.2, 0) is 34.0 Å². The Labute approximate surface area is 200 Å². The molecule has 0 aliphatic carbocycles. The van der Waals surface area contributed by atoms with Crippen LogP contribution in [-0.4, -0.2) is 80.8 Å². The number of amides is 2. The maximum atomic E-state index is 12.9. The van der Waals surface area contributed by atoms with Crippen LogP contribution in [0.4, 0.5) is 4.79 Å². The molecule has 10 nitrogen and oxygen atoms in total. The van der Waals surface area contributed by atoms with Crippen LogP contribution in [0, 0.1) is 5.92 Å². The molecular weight excluding hydrogens is 438 g/mol. The van der Waals surface area contributed by atoms with Gasteiger partial charge in [0.1, 0.15) is 12.3 Å². The summed E-state index contributed by atoms with van der Waals surface area (Å²) < 4.78 is 13.3. The smallest absolute Gasteiger partial charge is 0.409 e. The molecule has 3 atom stereocenters. The van der Waals surface area contributed by atoms with Gasteiger partial charge in [0, 0.05) is 32.5 Å². The number of benzene rings is 1. The number of likely N-dealkylation sites (N-methyl/N-ethyl adjacent to an activating group) is 1. The molecule has 2 bridgehead atoms. The summed E-state index contributed by atoms with van der Waals surface area (Å²) >= 11 is 0. The van der Waals surface area contributed by atoms with Gasteiger partial charge in [-0.3, -0.25) is 9.48 Å². The summed E-state index contributed by atoms with van der Waals surface area (Å²) in [5, 5.41) is 18.0. The molecule has 0 saturated heterocycles. The summed E-state index contributed by atoms with van der Waals surface area (Å²) in [4.78, 5) is 28.7. The van der Waals surface area contributed by atoms with E-state index in [2.05, 4.69) is 10.3 Å². The molecule has 1 aliphatic heterocycles. The first kappa shape index (κ1) is 25.6. The van der Waals surface area contributed by atoms with Crippen molar-refractivity contribution in [2.45, 2.75) is 58.6 Å². The number of aliphatic hydroxyl groups is 1. The van der Waals surface area contributed by atoms with Gasteiger partial charge in [-0.15, -0.1) is 5.10 Å². The highest BCUT2D eigenvalue weighted by Gasteiger charge is 2.29. The zero-order chi connectivity index (χ0) is 24.5. The van der Waals surface area contributed by atoms with Gasteiger partial charge in [-0.2, -0.15) is 0 Å². The molecule has 3 rings (SSSR count). The highest BCUT2D eigenvalue weighted by molar-refractivity contribution is 5.76. The molecule has 0 fully saturated rings. The Morgan fingerprint density at radius 2 is 2.12 bits per heavy atom. The molecule has 1 aromatic carbocycles. The van der Waals surface area contributed by atoms with E-state index in [1.807, 2.05) is 50.4 Å². The van der Waals surface area contributed by atoms with Crippen molar-refractivity contribution < 1.29 is 24.2 Å². The third-order valence-corrected chi connectivity index (χ3v) is 6.02. The van der Waals surface area contributed by atoms with Crippen molar-refractivity contribution in [1.29, 1.82) is 0 Å². The lowest BCUT2D eigenvalue weighted by Crippen LogP contribution is -2.47. The van der Waals surface area contributed by atoms with Gasteiger partial charge in [-0.05, 0) is 18.9 Å². The Kier molecular flexibility index (Phi) is 9.41. The molecule has 186 valence electrons. The average Bonchev–Trinajstić information content (AvgIpc) is 3.30. The maximum Gasteiger partial charge on any atom is 0.409 e. The highest BCUT2D eigenvalue weighted by Crippen LogP contribution is 2.18. The van der Waals surface area contributed by atoms with E-state index in [1.165, 1.54) is 4.90 Å². The fourth-order valence-electron chi connectivity index (χ4n) is 3.87. The van der Waals surface area contributed by atoms with Gasteiger partial charge in [0.25, 0.3) is 0 Å². The molecule has 1 aliphatic rings. The van der Waals surface area contributed by atoms with Crippen molar-refractivity contribution in [3.8, 4) is 0 Å². The number of hydrogen-bond acceptors (Lipinski definition) is 7. The molecule has 1 N–H and O–H groups in total. The van der Waals surface area contributed by atoms with Crippen LogP contribution in [0.15, 0.2) is 36.5 Å². The number of aliphatic hydroxyl groups excluding tert-OH is 1. The van der Waals surface area contributed by atoms with Crippen molar-refractivity contribution >= 4 is 12.0 Å². The lowest BCUT2D eigenvalue weighted by Gasteiger charge is -2.35. The van der Waals surface area contributed by atoms with Crippen LogP contribution in [0.5, 0.6) is 0 Å². The highest BCUT2D eigenvalue weighted by atomic mass is 16.6. The summed E-state index contributed by atoms with van der Waals surface area (Å²) in [6.07, 6.45) is 1.95. The van der Waals surface area contributed by atoms with E-state index < -0.39 is 6.09 Å². The SMILES string of the molecule is C[C@H](CO)N1C[C@H](C)[C@H](CN(C)C(=O)OCc2ccccc2)OCc2cn(nn2)CCCC1=O. The Morgan fingerprint density at radius 3 is 2.85 bits per heavy atom. The Balaban J connectivity index is 1.70. The normalized spacial score (nSPS) is 20.6. The van der Waals surface area contributed by atoms with Crippen molar-refractivity contribution in [1.82, 2.24) is 24.8 Å². The molecule has 34 heavy (non-hydrogen) atoms. The van der Waals surface area contributed by atoms with Gasteiger partial charge in [0.05, 0.1) is 38.1 Å². The minimum Gasteiger partial charge on any atom is -0.445 e. The minimum atomic E-state index is -0.454. The molecule has 0 spiro atoms. The first-order valence-electron chi connectivity index (χ1n) is 11.7. The summed E-state index contributed by atoms with van der Waals surface area (Å²) in [6.45, 7) is 5.37. The third kappa shape index (κ3) is 7.26. The largest absolute Gasteiger partial charge is 0.445 e. The van der Waals surface area contributed by atoms with Gasteiger partial charge in [-0.1, -0.05) is 42.5 Å². The second-order valence-electron chi connectivity index (χ2n) is 8.90. The van der Waals surface area contributed by atoms with Crippen LogP contribution in [0.3, 0.4) is 0 Å². The van der Waals surface area contributed by atoms with Crippen LogP contribution in [0.1, 0.15) is 37.9 Å². The number of fused-ring (bicyclic) bond motifs is 2. The van der Waals surface area contributed by atoms with Gasteiger partial charge in [0.2, 0.25) is 5.91 Å². The number of rotatable bonds is 6. The Hall–Kier alpha value is -2.98. The van der Waals surface area contributed by atoms with Crippen LogP contribution < -0.4 is 0 Å². The number of carbonyl (C=O) groups excluding carboxylic acids is 2. The van der Waals surface area contributed by atoms with Gasteiger partial charge in [0.15, 0.2) is 0 Å². The second-order valence-corrected chi connectivity index (χ2v) is 8.90. The zero-order valence-corrected chi connectivity index (χ0v) is 20.2. The van der Waals surface area contributed by atoms with Gasteiger partial charge < -0.3 is 24.4 Å². The monoisotopic (exact) mass is 473 g/mol. The Bertz CT molecular complexity index is 921. The van der Waals surface area contributed by atoms with E-state index in [4.69, 9.17) is 9.47 Å². The molecule has 10 heteroatoms. The average molecular weight is 474 g/mol. The van der Waals surface area contributed by atoms with E-state index in [0.717, 1.165) is 5.56 Å². The van der Waals surface area contributed by atoms with E-state index in [1.54, 1.807) is 16.6 Å². The maximum absolute atomic E-state index is 12.9. The van der Waals surface area contributed by atoms with Crippen molar-refractivity contribution in [2.24, 2.45) is 5.92 Å². The van der Waals surface area contributed by atoms with Crippen LogP contribution >= 0.6 is 0 Å². The lowest BCUT2D eigenvalue weighted by molar-refractivity contribution is -0.136. The number of ether oxygens (including phenoxy) is 2. The summed E-state index contributed by atoms with van der Waals surface area (Å²) in [5.41, 5.74) is 1.60. The first-order valence-corrected chi connectivity index (χ1v) is 11.7. The van der Waals surface area contributed by atoms with Crippen LogP contribution in [0.2, 0.25) is 0 Å². The molecule has 0 radical (unpaired) electrons. The zero-order valence-electron chi connectivity index (χ0n) is 20.2. The number of aromatic nitrogens is 3. The summed E-state index contributed by atoms with van der Waals surface area (Å²) in [5.74, 6) is -0.138. The minimum absolute atomic E-state index is 0.0256. The number of hydrogen-bond donors (Lipinski definition) is 1. The summed E-state index contributed by atoms with van der Waals surface area (Å²) in [6, 6.07) is 9.18. The van der Waals surface area contributed by atoms with E-state index in [9.17, 15) is 14.7 Å². The van der Waals surface area contributed by atoms with Crippen molar-refractivity contribution in [3.63, 3.8) is 0 Å². The predicted molar refractivity (Wildman–Crippen MR) is 125 cm³/mol. The van der Waals surface area contributed by atoms with Crippen LogP contribution in [0.25, 0.3) is 0 Å². The van der Waals surface area contributed by atoms with Crippen molar-refractivity contribution in [3.05, 3.63) is 47.8 Å². The Morgan fingerprint density at radius 1 is 1.35 bits per heavy atom. The molecule has 2 heterocycles. The van der Waals surface area contributed by atoms with E-state index in [0.29, 0.717) is 31.6 Å². The summed E-state index contributed by atoms with van der Waals surface area (Å²) in [7, 11) is 1.67. The number of carbonyl (C=O) groups is 2. The van der Waals surface area contributed by atoms with Crippen molar-refractivity contribution in [2.75, 3.05) is 26.7 Å². The third-order valence-electron chi connectivity index (χ3n) is 6.02. The fraction of sp³-hybridized carbons (Fsp3) is 0.583. The van der Waals surface area contributed by atoms with Gasteiger partial charge in [-0.25, -0.2) is 4.79 Å². The molecule has 2 amide bonds. The molecule has 2 aromatic rings. The topological polar surface area (TPSA) is 110 Å². The first-order chi connectivity index (χ1) is 16.4.